The van der Waals surface area contributed by atoms with E-state index in [1.807, 2.05) is 30.9 Å². The fourth-order valence-corrected chi connectivity index (χ4v) is 4.12. The summed E-state index contributed by atoms with van der Waals surface area (Å²) in [5, 5.41) is 3.06. The van der Waals surface area contributed by atoms with Gasteiger partial charge in [-0.1, -0.05) is 12.1 Å². The Bertz CT molecular complexity index is 575. The number of rotatable bonds is 4. The zero-order chi connectivity index (χ0) is 16.9. The molecule has 2 aliphatic rings. The average molecular weight is 350 g/mol. The number of ether oxygens (including phenoxy) is 1. The minimum Gasteiger partial charge on any atom is -0.366 e. The van der Waals surface area contributed by atoms with E-state index in [0.29, 0.717) is 13.2 Å². The molecule has 0 spiro atoms. The van der Waals surface area contributed by atoms with Crippen LogP contribution < -0.4 is 5.32 Å². The van der Waals surface area contributed by atoms with Gasteiger partial charge in [0.25, 0.3) is 5.91 Å². The van der Waals surface area contributed by atoms with Gasteiger partial charge in [-0.25, -0.2) is 0 Å². The summed E-state index contributed by atoms with van der Waals surface area (Å²) in [6.07, 6.45) is -0.383. The van der Waals surface area contributed by atoms with Crippen molar-refractivity contribution in [2.45, 2.75) is 19.6 Å². The van der Waals surface area contributed by atoms with Gasteiger partial charge in [0.15, 0.2) is 0 Å². The molecule has 0 radical (unpaired) electrons. The van der Waals surface area contributed by atoms with E-state index >= 15 is 0 Å². The van der Waals surface area contributed by atoms with Crippen LogP contribution in [0.1, 0.15) is 11.1 Å². The van der Waals surface area contributed by atoms with Crippen molar-refractivity contribution < 1.29 is 9.53 Å². The van der Waals surface area contributed by atoms with Crippen molar-refractivity contribution >= 4 is 23.4 Å². The van der Waals surface area contributed by atoms with E-state index < -0.39 is 0 Å². The molecule has 2 fully saturated rings. The highest BCUT2D eigenvalue weighted by atomic mass is 32.2. The summed E-state index contributed by atoms with van der Waals surface area (Å²) < 4.78 is 5.61. The van der Waals surface area contributed by atoms with Gasteiger partial charge in [0.1, 0.15) is 6.10 Å². The first-order chi connectivity index (χ1) is 11.6. The van der Waals surface area contributed by atoms with Gasteiger partial charge in [-0.2, -0.15) is 11.8 Å². The molecule has 1 atom stereocenters. The summed E-state index contributed by atoms with van der Waals surface area (Å²) in [6.45, 7) is 7.48. The predicted molar refractivity (Wildman–Crippen MR) is 99.6 cm³/mol. The summed E-state index contributed by atoms with van der Waals surface area (Å²) in [5.74, 6) is 2.38. The molecule has 3 rings (SSSR count). The summed E-state index contributed by atoms with van der Waals surface area (Å²) in [4.78, 5) is 17.1. The first-order valence-corrected chi connectivity index (χ1v) is 9.78. The van der Waals surface area contributed by atoms with Crippen molar-refractivity contribution in [2.24, 2.45) is 0 Å². The molecule has 1 aromatic rings. The number of nitrogens with zero attached hydrogens (tertiary/aromatic N) is 2. The van der Waals surface area contributed by atoms with E-state index in [9.17, 15) is 4.79 Å². The lowest BCUT2D eigenvalue weighted by atomic mass is 10.1. The van der Waals surface area contributed by atoms with E-state index in [2.05, 4.69) is 28.1 Å². The predicted octanol–water partition coefficient (Wildman–Crippen LogP) is 1.81. The number of amides is 1. The van der Waals surface area contributed by atoms with E-state index in [1.54, 1.807) is 0 Å². The zero-order valence-electron chi connectivity index (χ0n) is 14.6. The summed E-state index contributed by atoms with van der Waals surface area (Å²) in [6, 6.07) is 6.18. The molecule has 5 nitrogen and oxygen atoms in total. The number of likely N-dealkylation sites (N-methyl/N-ethyl adjacent to an activating group) is 1. The molecule has 6 heteroatoms. The Labute approximate surface area is 148 Å². The maximum atomic E-state index is 12.5. The third-order valence-electron chi connectivity index (χ3n) is 4.76. The van der Waals surface area contributed by atoms with Crippen molar-refractivity contribution in [3.05, 3.63) is 29.3 Å². The third kappa shape index (κ3) is 4.51. The van der Waals surface area contributed by atoms with Crippen LogP contribution in [0, 0.1) is 6.92 Å². The fourth-order valence-electron chi connectivity index (χ4n) is 3.14. The number of benzene rings is 1. The van der Waals surface area contributed by atoms with E-state index in [0.717, 1.165) is 37.4 Å². The molecular weight excluding hydrogens is 322 g/mol. The number of morpholine rings is 1. The van der Waals surface area contributed by atoms with Crippen LogP contribution in [0.15, 0.2) is 18.2 Å². The van der Waals surface area contributed by atoms with Crippen LogP contribution in [0.3, 0.4) is 0 Å². The third-order valence-corrected chi connectivity index (χ3v) is 5.71. The second kappa shape index (κ2) is 8.34. The Balaban J connectivity index is 1.65. The van der Waals surface area contributed by atoms with Gasteiger partial charge in [0.05, 0.1) is 6.61 Å². The SMILES string of the molecule is Cc1c(CN2CCSCC2)cccc1NC(=O)C1CN(C)CCO1. The molecule has 1 amide bonds. The minimum absolute atomic E-state index is 0.0452. The van der Waals surface area contributed by atoms with Crippen LogP contribution in [0.25, 0.3) is 0 Å². The van der Waals surface area contributed by atoms with Gasteiger partial charge in [-0.15, -0.1) is 0 Å². The molecule has 2 saturated heterocycles. The van der Waals surface area contributed by atoms with Gasteiger partial charge in [-0.3, -0.25) is 9.69 Å². The monoisotopic (exact) mass is 349 g/mol. The van der Waals surface area contributed by atoms with Gasteiger partial charge < -0.3 is 15.0 Å². The normalized spacial score (nSPS) is 23.2. The molecule has 2 aliphatic heterocycles. The topological polar surface area (TPSA) is 44.8 Å². The van der Waals surface area contributed by atoms with Crippen molar-refractivity contribution in [3.63, 3.8) is 0 Å². The number of nitrogens with one attached hydrogen (secondary N) is 1. The van der Waals surface area contributed by atoms with Crippen molar-refractivity contribution in [1.29, 1.82) is 0 Å². The van der Waals surface area contributed by atoms with Gasteiger partial charge >= 0.3 is 0 Å². The standard InChI is InChI=1S/C18H27N3O2S/c1-14-15(12-21-7-10-24-11-8-21)4-3-5-16(14)19-18(22)17-13-20(2)6-9-23-17/h3-5,17H,6-13H2,1-2H3,(H,19,22). The van der Waals surface area contributed by atoms with Gasteiger partial charge in [0, 0.05) is 49.9 Å². The van der Waals surface area contributed by atoms with E-state index in [1.165, 1.54) is 17.1 Å². The number of hydrogen-bond acceptors (Lipinski definition) is 5. The fraction of sp³-hybridized carbons (Fsp3) is 0.611. The lowest BCUT2D eigenvalue weighted by Gasteiger charge is -2.29. The maximum Gasteiger partial charge on any atom is 0.254 e. The number of carbonyl (C=O) groups is 1. The first kappa shape index (κ1) is 17.7. The van der Waals surface area contributed by atoms with Crippen LogP contribution >= 0.6 is 11.8 Å². The number of thioether (sulfide) groups is 1. The highest BCUT2D eigenvalue weighted by molar-refractivity contribution is 7.99. The summed E-state index contributed by atoms with van der Waals surface area (Å²) in [5.41, 5.74) is 3.36. The van der Waals surface area contributed by atoms with Crippen molar-refractivity contribution in [3.8, 4) is 0 Å². The molecule has 1 unspecified atom stereocenters. The molecule has 0 bridgehead atoms. The van der Waals surface area contributed by atoms with Crippen LogP contribution in [0.2, 0.25) is 0 Å². The Morgan fingerprint density at radius 1 is 1.33 bits per heavy atom. The highest BCUT2D eigenvalue weighted by Gasteiger charge is 2.25. The molecule has 2 heterocycles. The molecule has 0 aromatic heterocycles. The molecule has 0 saturated carbocycles. The molecule has 0 aliphatic carbocycles. The summed E-state index contributed by atoms with van der Waals surface area (Å²) >= 11 is 2.02. The number of hydrogen-bond donors (Lipinski definition) is 1. The van der Waals surface area contributed by atoms with Crippen molar-refractivity contribution in [2.75, 3.05) is 56.7 Å². The molecule has 1 N–H and O–H groups in total. The Morgan fingerprint density at radius 3 is 2.88 bits per heavy atom. The number of anilines is 1. The Hall–Kier alpha value is -1.08. The van der Waals surface area contributed by atoms with Crippen LogP contribution in [0.5, 0.6) is 0 Å². The lowest BCUT2D eigenvalue weighted by Crippen LogP contribution is -2.46. The molecular formula is C18H27N3O2S. The molecule has 1 aromatic carbocycles. The maximum absolute atomic E-state index is 12.5. The Morgan fingerprint density at radius 2 is 2.12 bits per heavy atom. The second-order valence-corrected chi connectivity index (χ2v) is 7.81. The largest absolute Gasteiger partial charge is 0.366 e. The first-order valence-electron chi connectivity index (χ1n) is 8.63. The molecule has 132 valence electrons. The van der Waals surface area contributed by atoms with Gasteiger partial charge in [-0.05, 0) is 31.2 Å². The minimum atomic E-state index is -0.383. The van der Waals surface area contributed by atoms with Crippen LogP contribution in [-0.2, 0) is 16.1 Å². The second-order valence-electron chi connectivity index (χ2n) is 6.59. The zero-order valence-corrected chi connectivity index (χ0v) is 15.4. The smallest absolute Gasteiger partial charge is 0.254 e. The van der Waals surface area contributed by atoms with E-state index in [4.69, 9.17) is 4.74 Å². The Kier molecular flexibility index (Phi) is 6.16. The van der Waals surface area contributed by atoms with Gasteiger partial charge in [0.2, 0.25) is 0 Å². The number of carbonyl (C=O) groups excluding carboxylic acids is 1. The van der Waals surface area contributed by atoms with Crippen LogP contribution in [0.4, 0.5) is 5.69 Å². The highest BCUT2D eigenvalue weighted by Crippen LogP contribution is 2.22. The molecule has 24 heavy (non-hydrogen) atoms. The van der Waals surface area contributed by atoms with Crippen molar-refractivity contribution in [1.82, 2.24) is 9.80 Å². The van der Waals surface area contributed by atoms with E-state index in [-0.39, 0.29) is 12.0 Å². The average Bonchev–Trinajstić information content (AvgIpc) is 2.59. The lowest BCUT2D eigenvalue weighted by molar-refractivity contribution is -0.132. The van der Waals surface area contributed by atoms with Crippen LogP contribution in [-0.4, -0.2) is 73.2 Å². The summed E-state index contributed by atoms with van der Waals surface area (Å²) in [7, 11) is 2.02. The quantitative estimate of drug-likeness (QED) is 0.898.